The molecule has 1 aliphatic carbocycles. The molecule has 104 valence electrons. The Morgan fingerprint density at radius 3 is 2.65 bits per heavy atom. The van der Waals surface area contributed by atoms with Crippen LogP contribution in [0.2, 0.25) is 0 Å². The number of hydrogen-bond acceptors (Lipinski definition) is 3. The summed E-state index contributed by atoms with van der Waals surface area (Å²) in [7, 11) is 0. The Hall–Kier alpha value is -2.56. The molecule has 1 aliphatic rings. The van der Waals surface area contributed by atoms with Crippen molar-refractivity contribution in [1.29, 1.82) is 0 Å². The Balaban J connectivity index is 2.19. The molecule has 1 atom stereocenters. The van der Waals surface area contributed by atoms with E-state index >= 15 is 0 Å². The molecule has 1 unspecified atom stereocenters. The summed E-state index contributed by atoms with van der Waals surface area (Å²) in [6, 6.07) is 6.51. The maximum Gasteiger partial charge on any atom is 0.317 e. The second-order valence-electron chi connectivity index (χ2n) is 4.60. The maximum absolute atomic E-state index is 11.5. The lowest BCUT2D eigenvalue weighted by atomic mass is 9.82. The summed E-state index contributed by atoms with van der Waals surface area (Å²) in [4.78, 5) is 22.7. The highest BCUT2D eigenvalue weighted by Gasteiger charge is 2.37. The van der Waals surface area contributed by atoms with Crippen molar-refractivity contribution in [3.63, 3.8) is 0 Å². The third-order valence-corrected chi connectivity index (χ3v) is 3.21. The third-order valence-electron chi connectivity index (χ3n) is 3.21. The number of carbonyl (C=O) groups excluding carboxylic acids is 1. The van der Waals surface area contributed by atoms with Crippen LogP contribution in [-0.2, 0) is 4.79 Å². The largest absolute Gasteiger partial charge is 0.491 e. The van der Waals surface area contributed by atoms with Gasteiger partial charge in [-0.05, 0) is 18.6 Å². The zero-order chi connectivity index (χ0) is 14.6. The van der Waals surface area contributed by atoms with E-state index in [2.05, 4.69) is 0 Å². The van der Waals surface area contributed by atoms with Gasteiger partial charge in [0, 0.05) is 0 Å². The van der Waals surface area contributed by atoms with Crippen molar-refractivity contribution < 1.29 is 19.4 Å². The fourth-order valence-corrected chi connectivity index (χ4v) is 1.99. The molecule has 0 radical (unpaired) electrons. The average molecular weight is 273 g/mol. The maximum atomic E-state index is 11.5. The molecule has 20 heavy (non-hydrogen) atoms. The molecule has 0 bridgehead atoms. The van der Waals surface area contributed by atoms with E-state index in [4.69, 9.17) is 10.5 Å². The number of allylic oxidation sites excluding steroid dienone is 3. The van der Waals surface area contributed by atoms with Crippen molar-refractivity contribution in [1.82, 2.24) is 0 Å². The standard InChI is InChI=1S/C15H15NO4/c16-13(17)11-6-2-3-7-12(11)20-10-15(14(18)19)8-4-1-5-9-15/h1-8H,9-10H2,(H2,16,17)(H,18,19). The highest BCUT2D eigenvalue weighted by molar-refractivity contribution is 5.95. The number of aliphatic carboxylic acids is 1. The number of carbonyl (C=O) groups is 2. The zero-order valence-corrected chi connectivity index (χ0v) is 10.8. The predicted octanol–water partition coefficient (Wildman–Crippen LogP) is 1.75. The molecule has 0 spiro atoms. The number of primary amides is 1. The van der Waals surface area contributed by atoms with E-state index < -0.39 is 17.3 Å². The summed E-state index contributed by atoms with van der Waals surface area (Å²) >= 11 is 0. The first-order chi connectivity index (χ1) is 9.55. The van der Waals surface area contributed by atoms with Crippen molar-refractivity contribution in [2.45, 2.75) is 6.42 Å². The number of hydrogen-bond donors (Lipinski definition) is 2. The zero-order valence-electron chi connectivity index (χ0n) is 10.8. The SMILES string of the molecule is NC(=O)c1ccccc1OCC1(C(=O)O)C=CC=CC1. The molecule has 1 aromatic carbocycles. The Bertz CT molecular complexity index is 591. The number of nitrogens with two attached hydrogens (primary N) is 1. The van der Waals surface area contributed by atoms with Crippen molar-refractivity contribution >= 4 is 11.9 Å². The molecule has 0 saturated carbocycles. The number of rotatable bonds is 5. The number of ether oxygens (including phenoxy) is 1. The molecule has 2 rings (SSSR count). The average Bonchev–Trinajstić information content (AvgIpc) is 2.46. The summed E-state index contributed by atoms with van der Waals surface area (Å²) in [6.07, 6.45) is 7.19. The van der Waals surface area contributed by atoms with E-state index in [1.54, 1.807) is 48.6 Å². The van der Waals surface area contributed by atoms with Crippen molar-refractivity contribution in [2.75, 3.05) is 6.61 Å². The van der Waals surface area contributed by atoms with Crippen LogP contribution in [0.1, 0.15) is 16.8 Å². The van der Waals surface area contributed by atoms with Crippen LogP contribution in [0.15, 0.2) is 48.6 Å². The van der Waals surface area contributed by atoms with E-state index in [-0.39, 0.29) is 12.2 Å². The first-order valence-electron chi connectivity index (χ1n) is 6.14. The highest BCUT2D eigenvalue weighted by atomic mass is 16.5. The van der Waals surface area contributed by atoms with Crippen molar-refractivity contribution in [3.8, 4) is 5.75 Å². The summed E-state index contributed by atoms with van der Waals surface area (Å²) in [5.41, 5.74) is 4.38. The van der Waals surface area contributed by atoms with Gasteiger partial charge < -0.3 is 15.6 Å². The molecule has 0 aliphatic heterocycles. The van der Waals surface area contributed by atoms with Crippen LogP contribution in [0.3, 0.4) is 0 Å². The normalized spacial score (nSPS) is 20.6. The van der Waals surface area contributed by atoms with Gasteiger partial charge in [0.15, 0.2) is 0 Å². The van der Waals surface area contributed by atoms with Crippen LogP contribution < -0.4 is 10.5 Å². The fraction of sp³-hybridized carbons (Fsp3) is 0.200. The Morgan fingerprint density at radius 1 is 1.30 bits per heavy atom. The van der Waals surface area contributed by atoms with Crippen molar-refractivity contribution in [3.05, 3.63) is 54.1 Å². The number of carboxylic acid groups (broad SMARTS) is 1. The van der Waals surface area contributed by atoms with Gasteiger partial charge in [-0.1, -0.05) is 36.4 Å². The van der Waals surface area contributed by atoms with Crippen LogP contribution in [0.25, 0.3) is 0 Å². The lowest BCUT2D eigenvalue weighted by molar-refractivity contribution is -0.147. The van der Waals surface area contributed by atoms with Gasteiger partial charge in [0.25, 0.3) is 5.91 Å². The lowest BCUT2D eigenvalue weighted by Crippen LogP contribution is -2.36. The van der Waals surface area contributed by atoms with E-state index in [0.717, 1.165) is 0 Å². The molecule has 5 heteroatoms. The summed E-state index contributed by atoms with van der Waals surface area (Å²) in [6.45, 7) is -0.0620. The first-order valence-corrected chi connectivity index (χ1v) is 6.14. The molecular weight excluding hydrogens is 258 g/mol. The van der Waals surface area contributed by atoms with Crippen LogP contribution in [0.4, 0.5) is 0 Å². The molecule has 1 amide bonds. The van der Waals surface area contributed by atoms with E-state index in [1.165, 1.54) is 0 Å². The van der Waals surface area contributed by atoms with Crippen molar-refractivity contribution in [2.24, 2.45) is 11.1 Å². The van der Waals surface area contributed by atoms with E-state index in [1.807, 2.05) is 0 Å². The van der Waals surface area contributed by atoms with Gasteiger partial charge in [-0.25, -0.2) is 0 Å². The number of amides is 1. The molecule has 3 N–H and O–H groups in total. The molecule has 1 aromatic rings. The van der Waals surface area contributed by atoms with Gasteiger partial charge in [-0.15, -0.1) is 0 Å². The highest BCUT2D eigenvalue weighted by Crippen LogP contribution is 2.30. The topological polar surface area (TPSA) is 89.6 Å². The molecule has 0 saturated heterocycles. The minimum atomic E-state index is -1.11. The van der Waals surface area contributed by atoms with Gasteiger partial charge in [-0.2, -0.15) is 0 Å². The monoisotopic (exact) mass is 273 g/mol. The van der Waals surface area contributed by atoms with Crippen LogP contribution in [-0.4, -0.2) is 23.6 Å². The van der Waals surface area contributed by atoms with E-state index in [0.29, 0.717) is 12.2 Å². The Kier molecular flexibility index (Phi) is 3.89. The van der Waals surface area contributed by atoms with E-state index in [9.17, 15) is 14.7 Å². The van der Waals surface area contributed by atoms with Crippen LogP contribution in [0.5, 0.6) is 5.75 Å². The number of para-hydroxylation sites is 1. The minimum Gasteiger partial charge on any atom is -0.491 e. The first kappa shape index (κ1) is 13.9. The number of carboxylic acids is 1. The molecule has 0 aromatic heterocycles. The molecule has 0 heterocycles. The molecular formula is C15H15NO4. The predicted molar refractivity (Wildman–Crippen MR) is 73.4 cm³/mol. The third kappa shape index (κ3) is 2.71. The summed E-state index contributed by atoms with van der Waals surface area (Å²) in [5, 5.41) is 9.39. The Labute approximate surface area is 116 Å². The fourth-order valence-electron chi connectivity index (χ4n) is 1.99. The van der Waals surface area contributed by atoms with Gasteiger partial charge in [-0.3, -0.25) is 9.59 Å². The van der Waals surface area contributed by atoms with Gasteiger partial charge in [0.05, 0.1) is 5.56 Å². The van der Waals surface area contributed by atoms with Crippen LogP contribution in [0, 0.1) is 5.41 Å². The minimum absolute atomic E-state index is 0.0620. The smallest absolute Gasteiger partial charge is 0.317 e. The second-order valence-corrected chi connectivity index (χ2v) is 4.60. The van der Waals surface area contributed by atoms with Crippen LogP contribution >= 0.6 is 0 Å². The summed E-state index contributed by atoms with van der Waals surface area (Å²) < 4.78 is 5.54. The van der Waals surface area contributed by atoms with Gasteiger partial charge in [0.1, 0.15) is 17.8 Å². The molecule has 5 nitrogen and oxygen atoms in total. The number of benzene rings is 1. The van der Waals surface area contributed by atoms with Gasteiger partial charge in [0.2, 0.25) is 0 Å². The quantitative estimate of drug-likeness (QED) is 0.855. The summed E-state index contributed by atoms with van der Waals surface area (Å²) in [5.74, 6) is -1.28. The van der Waals surface area contributed by atoms with Gasteiger partial charge >= 0.3 is 5.97 Å². The lowest BCUT2D eigenvalue weighted by Gasteiger charge is -2.26. The molecule has 0 fully saturated rings. The second kappa shape index (κ2) is 5.61. The Morgan fingerprint density at radius 2 is 2.05 bits per heavy atom.